The summed E-state index contributed by atoms with van der Waals surface area (Å²) in [4.78, 5) is 35.4. The molecule has 0 rings (SSSR count). The molecule has 9 nitrogen and oxygen atoms in total. The number of carbonyl (C=O) groups excluding carboxylic acids is 2. The Morgan fingerprint density at radius 3 is 1.28 bits per heavy atom. The van der Waals surface area contributed by atoms with Gasteiger partial charge in [-0.1, -0.05) is 193 Å². The fourth-order valence-corrected chi connectivity index (χ4v) is 7.69. The van der Waals surface area contributed by atoms with Crippen LogP contribution in [-0.2, 0) is 32.7 Å². The number of nitrogens with zero attached hydrogens (tertiary/aromatic N) is 1. The molecule has 0 aliphatic carbocycles. The number of rotatable bonds is 45. The van der Waals surface area contributed by atoms with Crippen molar-refractivity contribution < 1.29 is 42.1 Å². The van der Waals surface area contributed by atoms with Crippen molar-refractivity contribution in [2.24, 2.45) is 0 Å². The number of allylic oxidation sites excluding steroid dienone is 2. The molecule has 0 aliphatic heterocycles. The Kier molecular flexibility index (Phi) is 40.2. The van der Waals surface area contributed by atoms with E-state index in [0.717, 1.165) is 32.1 Å². The van der Waals surface area contributed by atoms with Gasteiger partial charge in [0.25, 0.3) is 0 Å². The van der Waals surface area contributed by atoms with Crippen LogP contribution < -0.4 is 0 Å². The van der Waals surface area contributed by atoms with Crippen molar-refractivity contribution in [3.63, 3.8) is 0 Å². The molecule has 0 heterocycles. The van der Waals surface area contributed by atoms with Gasteiger partial charge in [0.15, 0.2) is 6.10 Å². The van der Waals surface area contributed by atoms with Gasteiger partial charge < -0.3 is 18.9 Å². The molecule has 0 fully saturated rings. The molecule has 58 heavy (non-hydrogen) atoms. The van der Waals surface area contributed by atoms with Crippen molar-refractivity contribution in [2.75, 3.05) is 47.5 Å². The predicted molar refractivity (Wildman–Crippen MR) is 243 cm³/mol. The molecule has 344 valence electrons. The first-order valence-electron chi connectivity index (χ1n) is 24.4. The first kappa shape index (κ1) is 56.8. The van der Waals surface area contributed by atoms with E-state index in [1.54, 1.807) is 0 Å². The molecule has 0 saturated heterocycles. The number of likely N-dealkylation sites (N-methyl/N-ethyl adjacent to an activating group) is 1. The summed E-state index contributed by atoms with van der Waals surface area (Å²) >= 11 is 0. The van der Waals surface area contributed by atoms with Crippen LogP contribution in [0.1, 0.15) is 232 Å². The minimum absolute atomic E-state index is 0.0352. The molecule has 2 atom stereocenters. The van der Waals surface area contributed by atoms with Crippen LogP contribution in [0, 0.1) is 0 Å². The second-order valence-corrected chi connectivity index (χ2v) is 19.3. The highest BCUT2D eigenvalue weighted by molar-refractivity contribution is 7.47. The van der Waals surface area contributed by atoms with Crippen molar-refractivity contribution >= 4 is 19.8 Å². The van der Waals surface area contributed by atoms with E-state index in [1.165, 1.54) is 167 Å². The van der Waals surface area contributed by atoms with E-state index in [9.17, 15) is 19.0 Å². The molecule has 0 aromatic rings. The standard InChI is InChI=1S/C48H94NO8P/c1-6-8-10-12-14-16-18-20-21-22-23-24-25-26-27-29-30-32-34-36-38-40-47(50)54-44-46(45-56-58(52,53)55-43-42-49(3,4)5)57-48(51)41-39-37-35-33-31-28-19-17-15-13-11-9-7-2/h20-21,46H,6-19,22-45H2,1-5H3/p+1/b21-20-/t46-/m1/s1. The van der Waals surface area contributed by atoms with E-state index in [1.807, 2.05) is 21.1 Å². The van der Waals surface area contributed by atoms with E-state index >= 15 is 0 Å². The Morgan fingerprint density at radius 1 is 0.517 bits per heavy atom. The lowest BCUT2D eigenvalue weighted by atomic mass is 10.0. The topological polar surface area (TPSA) is 108 Å². The van der Waals surface area contributed by atoms with E-state index in [-0.39, 0.29) is 25.6 Å². The highest BCUT2D eigenvalue weighted by atomic mass is 31.2. The molecule has 0 aromatic heterocycles. The largest absolute Gasteiger partial charge is 0.472 e. The molecule has 0 aromatic carbocycles. The van der Waals surface area contributed by atoms with Crippen LogP contribution in [0.5, 0.6) is 0 Å². The number of phosphoric acid groups is 1. The summed E-state index contributed by atoms with van der Waals surface area (Å²) in [5.41, 5.74) is 0. The maximum Gasteiger partial charge on any atom is 0.472 e. The fourth-order valence-electron chi connectivity index (χ4n) is 6.95. The van der Waals surface area contributed by atoms with Crippen molar-refractivity contribution in [1.29, 1.82) is 0 Å². The van der Waals surface area contributed by atoms with Crippen LogP contribution in [0.4, 0.5) is 0 Å². The molecule has 0 saturated carbocycles. The summed E-state index contributed by atoms with van der Waals surface area (Å²) in [6, 6.07) is 0. The van der Waals surface area contributed by atoms with Crippen molar-refractivity contribution in [3.8, 4) is 0 Å². The lowest BCUT2D eigenvalue weighted by Crippen LogP contribution is -2.37. The quantitative estimate of drug-likeness (QED) is 0.0212. The van der Waals surface area contributed by atoms with Gasteiger partial charge in [-0.3, -0.25) is 18.6 Å². The van der Waals surface area contributed by atoms with Gasteiger partial charge in [-0.2, -0.15) is 0 Å². The zero-order valence-electron chi connectivity index (χ0n) is 38.8. The summed E-state index contributed by atoms with van der Waals surface area (Å²) in [5.74, 6) is -0.787. The smallest absolute Gasteiger partial charge is 0.462 e. The molecule has 0 bridgehead atoms. The lowest BCUT2D eigenvalue weighted by molar-refractivity contribution is -0.870. The summed E-state index contributed by atoms with van der Waals surface area (Å²) in [6.07, 6.45) is 44.0. The minimum atomic E-state index is -4.37. The summed E-state index contributed by atoms with van der Waals surface area (Å²) in [7, 11) is 1.49. The first-order chi connectivity index (χ1) is 28.0. The number of carbonyl (C=O) groups is 2. The Balaban J connectivity index is 4.20. The molecule has 1 unspecified atom stereocenters. The van der Waals surface area contributed by atoms with Gasteiger partial charge in [-0.15, -0.1) is 0 Å². The number of phosphoric ester groups is 1. The van der Waals surface area contributed by atoms with Crippen LogP contribution in [0.2, 0.25) is 0 Å². The number of quaternary nitrogens is 1. The third kappa shape index (κ3) is 44.3. The maximum absolute atomic E-state index is 12.7. The van der Waals surface area contributed by atoms with Crippen LogP contribution >= 0.6 is 7.82 Å². The molecule has 0 radical (unpaired) electrons. The average Bonchev–Trinajstić information content (AvgIpc) is 3.17. The third-order valence-electron chi connectivity index (χ3n) is 10.8. The zero-order chi connectivity index (χ0) is 42.8. The van der Waals surface area contributed by atoms with Crippen LogP contribution in [-0.4, -0.2) is 74.9 Å². The van der Waals surface area contributed by atoms with Crippen molar-refractivity contribution in [2.45, 2.75) is 238 Å². The Labute approximate surface area is 358 Å². The second-order valence-electron chi connectivity index (χ2n) is 17.9. The fraction of sp³-hybridized carbons (Fsp3) is 0.917. The van der Waals surface area contributed by atoms with Gasteiger partial charge in [0.05, 0.1) is 27.7 Å². The van der Waals surface area contributed by atoms with Gasteiger partial charge in [-0.25, -0.2) is 4.57 Å². The monoisotopic (exact) mass is 845 g/mol. The molecule has 0 amide bonds. The Bertz CT molecular complexity index is 1000. The summed E-state index contributed by atoms with van der Waals surface area (Å²) in [5, 5.41) is 0. The van der Waals surface area contributed by atoms with Crippen LogP contribution in [0.15, 0.2) is 12.2 Å². The summed E-state index contributed by atoms with van der Waals surface area (Å²) in [6.45, 7) is 4.45. The molecular formula is C48H95NO8P+. The van der Waals surface area contributed by atoms with E-state index in [4.69, 9.17) is 18.5 Å². The number of unbranched alkanes of at least 4 members (excludes halogenated alkanes) is 29. The number of ether oxygens (including phenoxy) is 2. The Hall–Kier alpha value is -1.25. The van der Waals surface area contributed by atoms with Gasteiger partial charge in [-0.05, 0) is 38.5 Å². The molecule has 10 heteroatoms. The number of hydrogen-bond donors (Lipinski definition) is 1. The number of hydrogen-bond acceptors (Lipinski definition) is 7. The van der Waals surface area contributed by atoms with Gasteiger partial charge in [0, 0.05) is 12.8 Å². The van der Waals surface area contributed by atoms with Gasteiger partial charge >= 0.3 is 19.8 Å². The molecular weight excluding hydrogens is 750 g/mol. The van der Waals surface area contributed by atoms with Gasteiger partial charge in [0.2, 0.25) is 0 Å². The van der Waals surface area contributed by atoms with Crippen molar-refractivity contribution in [3.05, 3.63) is 12.2 Å². The predicted octanol–water partition coefficient (Wildman–Crippen LogP) is 14.1. The SMILES string of the molecule is CCCCCCCC/C=C\CCCCCCCCCCCCCC(=O)OC[C@H](COP(=O)(O)OCC[N+](C)(C)C)OC(=O)CCCCCCCCCCCCCCC. The first-order valence-corrected chi connectivity index (χ1v) is 25.9. The van der Waals surface area contributed by atoms with Crippen LogP contribution in [0.25, 0.3) is 0 Å². The lowest BCUT2D eigenvalue weighted by Gasteiger charge is -2.24. The molecule has 0 spiro atoms. The zero-order valence-corrected chi connectivity index (χ0v) is 39.7. The van der Waals surface area contributed by atoms with E-state index < -0.39 is 26.5 Å². The van der Waals surface area contributed by atoms with E-state index in [0.29, 0.717) is 23.9 Å². The molecule has 0 aliphatic rings. The van der Waals surface area contributed by atoms with Crippen LogP contribution in [0.3, 0.4) is 0 Å². The van der Waals surface area contributed by atoms with Gasteiger partial charge in [0.1, 0.15) is 19.8 Å². The third-order valence-corrected chi connectivity index (χ3v) is 11.8. The van der Waals surface area contributed by atoms with E-state index in [2.05, 4.69) is 26.0 Å². The van der Waals surface area contributed by atoms with Crippen molar-refractivity contribution in [1.82, 2.24) is 0 Å². The average molecular weight is 845 g/mol. The normalized spacial score (nSPS) is 13.6. The second kappa shape index (κ2) is 41.1. The highest BCUT2D eigenvalue weighted by Gasteiger charge is 2.27. The Morgan fingerprint density at radius 2 is 0.879 bits per heavy atom. The molecule has 1 N–H and O–H groups in total. The maximum atomic E-state index is 12.7. The highest BCUT2D eigenvalue weighted by Crippen LogP contribution is 2.43. The number of esters is 2. The minimum Gasteiger partial charge on any atom is -0.462 e. The summed E-state index contributed by atoms with van der Waals surface area (Å²) < 4.78 is 34.4.